The molecule has 0 heterocycles. The van der Waals surface area contributed by atoms with Crippen molar-refractivity contribution in [1.82, 2.24) is 4.72 Å². The number of nitrogens with one attached hydrogen (secondary N) is 1. The van der Waals surface area contributed by atoms with Crippen LogP contribution in [0, 0.1) is 0 Å². The molecule has 0 aromatic heterocycles. The van der Waals surface area contributed by atoms with Crippen molar-refractivity contribution in [3.05, 3.63) is 60.2 Å². The van der Waals surface area contributed by atoms with E-state index in [2.05, 4.69) is 9.88 Å². The van der Waals surface area contributed by atoms with Crippen LogP contribution in [-0.4, -0.2) is 62.0 Å². The molecule has 0 unspecified atom stereocenters. The quantitative estimate of drug-likeness (QED) is 0.111. The first-order valence-electron chi connectivity index (χ1n) is 10.3. The summed E-state index contributed by atoms with van der Waals surface area (Å²) >= 11 is 0. The number of ether oxygens (including phenoxy) is 1. The number of carboxylic acid groups (broad SMARTS) is 2. The van der Waals surface area contributed by atoms with Crippen molar-refractivity contribution in [1.29, 1.82) is 0 Å². The fourth-order valence-electron chi connectivity index (χ4n) is 2.43. The highest BCUT2D eigenvalue weighted by Gasteiger charge is 2.38. The van der Waals surface area contributed by atoms with Gasteiger partial charge in [0.15, 0.2) is 0 Å². The van der Waals surface area contributed by atoms with E-state index in [1.54, 1.807) is 42.5 Å². The Morgan fingerprint density at radius 1 is 1.00 bits per heavy atom. The van der Waals surface area contributed by atoms with Gasteiger partial charge in [0, 0.05) is 6.42 Å². The fraction of sp³-hybridized carbons (Fsp3) is 0.286. The predicted molar refractivity (Wildman–Crippen MR) is 124 cm³/mol. The van der Waals surface area contributed by atoms with Gasteiger partial charge in [-0.3, -0.25) is 4.79 Å². The number of hydrogen-bond donors (Lipinski definition) is 5. The Bertz CT molecular complexity index is 1140. The van der Waals surface area contributed by atoms with Crippen LogP contribution in [0.3, 0.4) is 0 Å². The van der Waals surface area contributed by atoms with E-state index in [4.69, 9.17) is 30.9 Å². The second kappa shape index (κ2) is 14.5. The van der Waals surface area contributed by atoms with E-state index < -0.39 is 34.2 Å². The van der Waals surface area contributed by atoms with E-state index in [-0.39, 0.29) is 23.9 Å². The SMILES string of the molecule is NC(N)=NOCCCOc1ccc(C[C@H](NS(=O)(=O)c2ccccc2)C(=O)O)cc1.O=C(O)C(F)(F)F. The van der Waals surface area contributed by atoms with Crippen LogP contribution < -0.4 is 20.9 Å². The Morgan fingerprint density at radius 2 is 1.57 bits per heavy atom. The molecule has 16 heteroatoms. The minimum atomic E-state index is -5.08. The minimum absolute atomic E-state index is 0.00353. The maximum absolute atomic E-state index is 12.4. The molecule has 0 fully saturated rings. The molecule has 0 aliphatic heterocycles. The van der Waals surface area contributed by atoms with Crippen LogP contribution in [-0.2, 0) is 30.9 Å². The summed E-state index contributed by atoms with van der Waals surface area (Å²) < 4.78 is 64.3. The molecule has 0 saturated carbocycles. The van der Waals surface area contributed by atoms with Crippen LogP contribution in [0.4, 0.5) is 13.2 Å². The lowest BCUT2D eigenvalue weighted by atomic mass is 10.1. The third-order valence-electron chi connectivity index (χ3n) is 4.07. The topological polar surface area (TPSA) is 204 Å². The third-order valence-corrected chi connectivity index (χ3v) is 5.56. The first kappa shape index (κ1) is 31.0. The summed E-state index contributed by atoms with van der Waals surface area (Å²) in [5.74, 6) is -3.60. The van der Waals surface area contributed by atoms with Crippen molar-refractivity contribution in [3.8, 4) is 5.75 Å². The largest absolute Gasteiger partial charge is 0.493 e. The normalized spacial score (nSPS) is 11.9. The Balaban J connectivity index is 0.000000856. The van der Waals surface area contributed by atoms with E-state index in [0.29, 0.717) is 24.3 Å². The van der Waals surface area contributed by atoms with Crippen LogP contribution in [0.2, 0.25) is 0 Å². The number of carboxylic acids is 2. The zero-order valence-corrected chi connectivity index (χ0v) is 19.9. The second-order valence-electron chi connectivity index (χ2n) is 7.03. The van der Waals surface area contributed by atoms with Gasteiger partial charge in [0.05, 0.1) is 11.5 Å². The highest BCUT2D eigenvalue weighted by atomic mass is 32.2. The Labute approximate surface area is 209 Å². The fourth-order valence-corrected chi connectivity index (χ4v) is 3.64. The lowest BCUT2D eigenvalue weighted by Gasteiger charge is -2.15. The first-order valence-corrected chi connectivity index (χ1v) is 11.7. The summed E-state index contributed by atoms with van der Waals surface area (Å²) in [4.78, 5) is 25.3. The van der Waals surface area contributed by atoms with E-state index >= 15 is 0 Å². The highest BCUT2D eigenvalue weighted by molar-refractivity contribution is 7.89. The molecule has 2 aromatic rings. The van der Waals surface area contributed by atoms with Gasteiger partial charge in [-0.15, -0.1) is 0 Å². The molecule has 0 spiro atoms. The van der Waals surface area contributed by atoms with Crippen molar-refractivity contribution < 1.29 is 51.0 Å². The van der Waals surface area contributed by atoms with Gasteiger partial charge in [-0.2, -0.15) is 17.9 Å². The maximum atomic E-state index is 12.4. The van der Waals surface area contributed by atoms with Gasteiger partial charge < -0.3 is 31.3 Å². The van der Waals surface area contributed by atoms with Gasteiger partial charge in [-0.25, -0.2) is 13.2 Å². The zero-order valence-electron chi connectivity index (χ0n) is 19.1. The monoisotopic (exact) mass is 550 g/mol. The van der Waals surface area contributed by atoms with Crippen LogP contribution in [0.5, 0.6) is 5.75 Å². The molecule has 0 aliphatic carbocycles. The van der Waals surface area contributed by atoms with Gasteiger partial charge >= 0.3 is 18.1 Å². The summed E-state index contributed by atoms with van der Waals surface area (Å²) in [7, 11) is -3.95. The molecule has 204 valence electrons. The zero-order chi connectivity index (χ0) is 28.1. The molecule has 12 nitrogen and oxygen atoms in total. The number of nitrogens with two attached hydrogens (primary N) is 2. The predicted octanol–water partition coefficient (Wildman–Crippen LogP) is 1.27. The number of carbonyl (C=O) groups is 2. The lowest BCUT2D eigenvalue weighted by molar-refractivity contribution is -0.192. The van der Waals surface area contributed by atoms with E-state index in [0.717, 1.165) is 0 Å². The minimum Gasteiger partial charge on any atom is -0.493 e. The third kappa shape index (κ3) is 12.5. The molecule has 0 saturated heterocycles. The van der Waals surface area contributed by atoms with Crippen LogP contribution >= 0.6 is 0 Å². The van der Waals surface area contributed by atoms with Gasteiger partial charge in [0.2, 0.25) is 16.0 Å². The van der Waals surface area contributed by atoms with Crippen molar-refractivity contribution in [2.24, 2.45) is 16.6 Å². The van der Waals surface area contributed by atoms with Crippen molar-refractivity contribution in [2.45, 2.75) is 30.0 Å². The second-order valence-corrected chi connectivity index (χ2v) is 8.74. The number of benzene rings is 2. The van der Waals surface area contributed by atoms with Crippen molar-refractivity contribution >= 4 is 27.9 Å². The molecule has 0 amide bonds. The smallest absolute Gasteiger partial charge is 0.490 e. The molecule has 37 heavy (non-hydrogen) atoms. The number of rotatable bonds is 12. The molecular weight excluding hydrogens is 525 g/mol. The number of sulfonamides is 1. The number of halogens is 3. The van der Waals surface area contributed by atoms with Crippen LogP contribution in [0.1, 0.15) is 12.0 Å². The summed E-state index contributed by atoms with van der Waals surface area (Å²) in [5.41, 5.74) is 10.9. The Morgan fingerprint density at radius 3 is 2.05 bits per heavy atom. The Kier molecular flexibility index (Phi) is 12.1. The van der Waals surface area contributed by atoms with Crippen LogP contribution in [0.15, 0.2) is 64.6 Å². The van der Waals surface area contributed by atoms with Gasteiger partial charge in [0.25, 0.3) is 0 Å². The van der Waals surface area contributed by atoms with Crippen molar-refractivity contribution in [2.75, 3.05) is 13.2 Å². The average molecular weight is 551 g/mol. The number of hydrogen-bond acceptors (Lipinski definition) is 7. The number of aliphatic carboxylic acids is 2. The van der Waals surface area contributed by atoms with E-state index in [1.165, 1.54) is 12.1 Å². The summed E-state index contributed by atoms with van der Waals surface area (Å²) in [6.45, 7) is 0.659. The van der Waals surface area contributed by atoms with Gasteiger partial charge in [-0.1, -0.05) is 30.3 Å². The molecule has 7 N–H and O–H groups in total. The van der Waals surface area contributed by atoms with Crippen molar-refractivity contribution in [3.63, 3.8) is 0 Å². The molecule has 1 atom stereocenters. The average Bonchev–Trinajstić information content (AvgIpc) is 2.82. The molecule has 0 aliphatic rings. The van der Waals surface area contributed by atoms with E-state index in [1.807, 2.05) is 0 Å². The lowest BCUT2D eigenvalue weighted by Crippen LogP contribution is -2.42. The Hall–Kier alpha value is -4.05. The molecule has 2 aromatic carbocycles. The van der Waals surface area contributed by atoms with E-state index in [9.17, 15) is 31.5 Å². The summed E-state index contributed by atoms with van der Waals surface area (Å²) in [6.07, 6.45) is -4.55. The molecule has 2 rings (SSSR count). The number of guanidine groups is 1. The highest BCUT2D eigenvalue weighted by Crippen LogP contribution is 2.16. The molecular formula is C21H25F3N4O8S. The summed E-state index contributed by atoms with van der Waals surface area (Å²) in [5, 5.41) is 19.9. The van der Waals surface area contributed by atoms with Gasteiger partial charge in [0.1, 0.15) is 18.4 Å². The van der Waals surface area contributed by atoms with Crippen LogP contribution in [0.25, 0.3) is 0 Å². The van der Waals surface area contributed by atoms with Gasteiger partial charge in [-0.05, 0) is 41.4 Å². The maximum Gasteiger partial charge on any atom is 0.490 e. The first-order chi connectivity index (χ1) is 17.2. The number of oxime groups is 1. The summed E-state index contributed by atoms with van der Waals surface area (Å²) in [6, 6.07) is 13.0. The molecule has 0 radical (unpaired) electrons. The standard InChI is InChI=1S/C19H24N4O6S.C2HF3O2/c20-19(21)22-29-12-4-11-28-15-9-7-14(8-10-15)13-17(18(24)25)23-30(26,27)16-5-2-1-3-6-16;3-2(4,5)1(6)7/h1-3,5-10,17,23H,4,11-13H2,(H,24,25)(H4,20,21,22);(H,6,7)/t17-;/m0./s1. The number of nitrogens with zero attached hydrogens (tertiary/aromatic N) is 1. The molecule has 0 bridgehead atoms. The number of alkyl halides is 3.